The van der Waals surface area contributed by atoms with E-state index < -0.39 is 0 Å². The standard InChI is InChI=1S/C16H20N2O2/c1-2-6-15(19)13-11-14-16(12-7-4-3-5-8-12)20-10-9-18(14)17-13/h3-5,7-8,11,13,16-17H,2,6,9-10H2,1H3. The van der Waals surface area contributed by atoms with Gasteiger partial charge in [-0.2, -0.15) is 0 Å². The molecule has 1 fully saturated rings. The summed E-state index contributed by atoms with van der Waals surface area (Å²) in [6.45, 7) is 3.48. The molecular formula is C16H20N2O2. The van der Waals surface area contributed by atoms with Gasteiger partial charge in [-0.3, -0.25) is 4.79 Å². The number of morpholine rings is 1. The molecule has 2 atom stereocenters. The van der Waals surface area contributed by atoms with Crippen molar-refractivity contribution in [1.82, 2.24) is 10.4 Å². The zero-order chi connectivity index (χ0) is 13.9. The summed E-state index contributed by atoms with van der Waals surface area (Å²) >= 11 is 0. The fourth-order valence-corrected chi connectivity index (χ4v) is 2.77. The number of hydrogen-bond donors (Lipinski definition) is 1. The predicted molar refractivity (Wildman–Crippen MR) is 76.8 cm³/mol. The number of ketones is 1. The van der Waals surface area contributed by atoms with Crippen molar-refractivity contribution in [2.45, 2.75) is 31.9 Å². The molecule has 1 aromatic rings. The lowest BCUT2D eigenvalue weighted by Crippen LogP contribution is -2.45. The second kappa shape index (κ2) is 5.77. The number of carbonyl (C=O) groups excluding carboxylic acids is 1. The van der Waals surface area contributed by atoms with Crippen LogP contribution in [0.25, 0.3) is 0 Å². The zero-order valence-electron chi connectivity index (χ0n) is 11.7. The van der Waals surface area contributed by atoms with Crippen molar-refractivity contribution in [2.24, 2.45) is 0 Å². The first-order chi connectivity index (χ1) is 9.79. The number of rotatable bonds is 4. The van der Waals surface area contributed by atoms with Crippen molar-refractivity contribution in [1.29, 1.82) is 0 Å². The van der Waals surface area contributed by atoms with Gasteiger partial charge in [0.25, 0.3) is 0 Å². The molecule has 0 aliphatic carbocycles. The summed E-state index contributed by atoms with van der Waals surface area (Å²) in [5.74, 6) is 0.251. The van der Waals surface area contributed by atoms with Gasteiger partial charge >= 0.3 is 0 Å². The van der Waals surface area contributed by atoms with Gasteiger partial charge in [0, 0.05) is 6.42 Å². The van der Waals surface area contributed by atoms with Crippen molar-refractivity contribution in [3.05, 3.63) is 47.7 Å². The average Bonchev–Trinajstić information content (AvgIpc) is 2.92. The summed E-state index contributed by atoms with van der Waals surface area (Å²) in [5, 5.41) is 2.07. The Morgan fingerprint density at radius 2 is 2.20 bits per heavy atom. The van der Waals surface area contributed by atoms with E-state index in [1.165, 1.54) is 0 Å². The molecule has 2 heterocycles. The summed E-state index contributed by atoms with van der Waals surface area (Å²) in [7, 11) is 0. The predicted octanol–water partition coefficient (Wildman–Crippen LogP) is 2.20. The van der Waals surface area contributed by atoms with Crippen LogP contribution in [-0.2, 0) is 9.53 Å². The molecular weight excluding hydrogens is 252 g/mol. The minimum absolute atomic E-state index is 0.0723. The Hall–Kier alpha value is -1.65. The Labute approximate surface area is 119 Å². The van der Waals surface area contributed by atoms with Crippen LogP contribution < -0.4 is 5.43 Å². The maximum atomic E-state index is 12.1. The number of hydrogen-bond acceptors (Lipinski definition) is 4. The number of ether oxygens (including phenoxy) is 1. The van der Waals surface area contributed by atoms with E-state index in [1.807, 2.05) is 31.2 Å². The van der Waals surface area contributed by atoms with Crippen LogP contribution >= 0.6 is 0 Å². The van der Waals surface area contributed by atoms with Crippen LogP contribution in [0.3, 0.4) is 0 Å². The van der Waals surface area contributed by atoms with Gasteiger partial charge in [-0.05, 0) is 18.1 Å². The number of carbonyl (C=O) groups is 1. The van der Waals surface area contributed by atoms with Gasteiger partial charge in [-0.25, -0.2) is 5.43 Å². The van der Waals surface area contributed by atoms with E-state index in [0.717, 1.165) is 24.2 Å². The molecule has 1 N–H and O–H groups in total. The second-order valence-corrected chi connectivity index (χ2v) is 5.23. The maximum absolute atomic E-state index is 12.1. The molecule has 0 aromatic heterocycles. The highest BCUT2D eigenvalue weighted by molar-refractivity contribution is 5.86. The third kappa shape index (κ3) is 2.49. The maximum Gasteiger partial charge on any atom is 0.155 e. The van der Waals surface area contributed by atoms with Crippen LogP contribution in [0.5, 0.6) is 0 Å². The van der Waals surface area contributed by atoms with E-state index in [-0.39, 0.29) is 17.9 Å². The zero-order valence-corrected chi connectivity index (χ0v) is 11.7. The largest absolute Gasteiger partial charge is 0.365 e. The van der Waals surface area contributed by atoms with E-state index in [0.29, 0.717) is 13.0 Å². The quantitative estimate of drug-likeness (QED) is 0.912. The Morgan fingerprint density at radius 3 is 2.95 bits per heavy atom. The first-order valence-electron chi connectivity index (χ1n) is 7.24. The summed E-state index contributed by atoms with van der Waals surface area (Å²) < 4.78 is 5.90. The SMILES string of the molecule is CCCC(=O)C1C=C2C(c3ccccc3)OCCN2N1. The number of benzene rings is 1. The van der Waals surface area contributed by atoms with Crippen molar-refractivity contribution in [3.63, 3.8) is 0 Å². The molecule has 0 spiro atoms. The van der Waals surface area contributed by atoms with Crippen molar-refractivity contribution >= 4 is 5.78 Å². The summed E-state index contributed by atoms with van der Waals surface area (Å²) in [6.07, 6.45) is 3.46. The van der Waals surface area contributed by atoms with E-state index in [9.17, 15) is 4.79 Å². The Bertz CT molecular complexity index is 512. The molecule has 2 aliphatic rings. The molecule has 3 rings (SSSR count). The van der Waals surface area contributed by atoms with Crippen LogP contribution in [0.1, 0.15) is 31.4 Å². The van der Waals surface area contributed by atoms with E-state index in [1.54, 1.807) is 0 Å². The highest BCUT2D eigenvalue weighted by atomic mass is 16.5. The van der Waals surface area contributed by atoms with Gasteiger partial charge in [0.05, 0.1) is 18.8 Å². The van der Waals surface area contributed by atoms with Crippen molar-refractivity contribution < 1.29 is 9.53 Å². The molecule has 1 aromatic carbocycles. The highest BCUT2D eigenvalue weighted by Crippen LogP contribution is 2.33. The number of Topliss-reactive ketones (excluding diaryl/α,β-unsaturated/α-hetero) is 1. The molecule has 106 valence electrons. The molecule has 4 nitrogen and oxygen atoms in total. The Kier molecular flexibility index (Phi) is 3.85. The van der Waals surface area contributed by atoms with Crippen LogP contribution in [0.2, 0.25) is 0 Å². The third-order valence-electron chi connectivity index (χ3n) is 3.76. The number of fused-ring (bicyclic) bond motifs is 1. The second-order valence-electron chi connectivity index (χ2n) is 5.23. The Balaban J connectivity index is 1.83. The van der Waals surface area contributed by atoms with Crippen LogP contribution in [-0.4, -0.2) is 30.0 Å². The number of nitrogens with zero attached hydrogens (tertiary/aromatic N) is 1. The van der Waals surface area contributed by atoms with Crippen LogP contribution in [0.4, 0.5) is 0 Å². The third-order valence-corrected chi connectivity index (χ3v) is 3.76. The van der Waals surface area contributed by atoms with Crippen molar-refractivity contribution in [3.8, 4) is 0 Å². The van der Waals surface area contributed by atoms with Crippen LogP contribution in [0, 0.1) is 0 Å². The summed E-state index contributed by atoms with van der Waals surface area (Å²) in [6, 6.07) is 9.96. The van der Waals surface area contributed by atoms with Gasteiger partial charge in [0.1, 0.15) is 12.1 Å². The molecule has 0 amide bonds. The van der Waals surface area contributed by atoms with Crippen molar-refractivity contribution in [2.75, 3.05) is 13.2 Å². The monoisotopic (exact) mass is 272 g/mol. The normalized spacial score (nSPS) is 25.2. The average molecular weight is 272 g/mol. The number of hydrazine groups is 1. The smallest absolute Gasteiger partial charge is 0.155 e. The molecule has 2 aliphatic heterocycles. The summed E-state index contributed by atoms with van der Waals surface area (Å²) in [4.78, 5) is 12.1. The van der Waals surface area contributed by atoms with Gasteiger partial charge in [-0.15, -0.1) is 0 Å². The molecule has 0 radical (unpaired) electrons. The fraction of sp³-hybridized carbons (Fsp3) is 0.438. The van der Waals surface area contributed by atoms with Gasteiger partial charge < -0.3 is 9.75 Å². The van der Waals surface area contributed by atoms with E-state index in [4.69, 9.17) is 4.74 Å². The highest BCUT2D eigenvalue weighted by Gasteiger charge is 2.35. The van der Waals surface area contributed by atoms with Crippen LogP contribution in [0.15, 0.2) is 42.1 Å². The molecule has 1 saturated heterocycles. The minimum Gasteiger partial charge on any atom is -0.365 e. The van der Waals surface area contributed by atoms with Gasteiger partial charge in [-0.1, -0.05) is 37.3 Å². The lowest BCUT2D eigenvalue weighted by atomic mass is 10.0. The number of nitrogens with one attached hydrogen (secondary N) is 1. The van der Waals surface area contributed by atoms with Gasteiger partial charge in [0.2, 0.25) is 0 Å². The lowest BCUT2D eigenvalue weighted by molar-refractivity contribution is -0.120. The fourth-order valence-electron chi connectivity index (χ4n) is 2.77. The first kappa shape index (κ1) is 13.3. The Morgan fingerprint density at radius 1 is 1.40 bits per heavy atom. The topological polar surface area (TPSA) is 41.6 Å². The summed E-state index contributed by atoms with van der Waals surface area (Å²) in [5.41, 5.74) is 5.49. The lowest BCUT2D eigenvalue weighted by Gasteiger charge is -2.34. The molecule has 0 bridgehead atoms. The van der Waals surface area contributed by atoms with E-state index in [2.05, 4.69) is 22.6 Å². The minimum atomic E-state index is -0.196. The molecule has 2 unspecified atom stereocenters. The molecule has 0 saturated carbocycles. The molecule has 20 heavy (non-hydrogen) atoms. The molecule has 4 heteroatoms. The van der Waals surface area contributed by atoms with E-state index >= 15 is 0 Å². The first-order valence-corrected chi connectivity index (χ1v) is 7.24. The van der Waals surface area contributed by atoms with Gasteiger partial charge in [0.15, 0.2) is 5.78 Å².